The van der Waals surface area contributed by atoms with E-state index < -0.39 is 97.5 Å². The maximum atomic E-state index is 13.1. The highest BCUT2D eigenvalue weighted by Gasteiger charge is 2.30. The van der Waals surface area contributed by atoms with E-state index in [4.69, 9.17) is 37.0 Å². The zero-order chi connectivity index (χ0) is 71.0. The Balaban J connectivity index is 5.25. The van der Waals surface area contributed by atoms with Gasteiger partial charge in [0, 0.05) is 25.7 Å². The van der Waals surface area contributed by atoms with Crippen molar-refractivity contribution in [1.82, 2.24) is 0 Å². The SMILES string of the molecule is CCC(C)CCCCCCCCCCCCC(=O)O[C@H](COC(=O)CCCCCCCCCCCCCCCCC(C)C)COP(=O)(O)OC[C@@H](O)COP(=O)(O)OC[C@@H](COC(=O)CCCCCCCCC(C)CC)OC(=O)CCCCCCCCCCCCCCC(C)C. The molecule has 0 rings (SSSR count). The molecule has 0 aliphatic carbocycles. The number of ether oxygens (including phenoxy) is 4. The lowest BCUT2D eigenvalue weighted by atomic mass is 9.99. The standard InChI is InChI=1S/C77H150O17P2/c1-9-69(7)55-47-39-31-25-21-22-28-34-44-52-60-77(82)93-72(63-87-74(79)57-49-41-32-26-19-14-12-11-13-17-23-29-37-45-53-67(3)4)65-91-95(83,84)89-61-71(78)62-90-96(85,86)92-66-73(64-88-75(80)58-50-42-36-35-40-48-56-70(8)10-2)94-76(81)59-51-43-33-27-20-16-15-18-24-30-38-46-54-68(5)6/h67-73,78H,9-66H2,1-8H3,(H,83,84)(H,85,86)/t69?,70?,71-,72-,73-/m1/s1. The van der Waals surface area contributed by atoms with Crippen molar-refractivity contribution in [3.8, 4) is 0 Å². The first-order chi connectivity index (χ1) is 46.2. The Morgan fingerprint density at radius 3 is 0.740 bits per heavy atom. The van der Waals surface area contributed by atoms with Crippen LogP contribution in [0, 0.1) is 23.7 Å². The Kier molecular flexibility index (Phi) is 65.0. The summed E-state index contributed by atoms with van der Waals surface area (Å²) >= 11 is 0. The van der Waals surface area contributed by atoms with Crippen LogP contribution in [0.2, 0.25) is 0 Å². The Morgan fingerprint density at radius 1 is 0.292 bits per heavy atom. The number of esters is 4. The van der Waals surface area contributed by atoms with Crippen molar-refractivity contribution in [2.45, 2.75) is 408 Å². The number of hydrogen-bond acceptors (Lipinski definition) is 15. The molecule has 0 bridgehead atoms. The van der Waals surface area contributed by atoms with Gasteiger partial charge in [0.2, 0.25) is 0 Å². The zero-order valence-electron chi connectivity index (χ0n) is 63.0. The summed E-state index contributed by atoms with van der Waals surface area (Å²) in [4.78, 5) is 72.9. The smallest absolute Gasteiger partial charge is 0.462 e. The summed E-state index contributed by atoms with van der Waals surface area (Å²) < 4.78 is 68.6. The second kappa shape index (κ2) is 66.3. The molecule has 19 heteroatoms. The molecule has 4 unspecified atom stereocenters. The van der Waals surface area contributed by atoms with Crippen molar-refractivity contribution in [3.05, 3.63) is 0 Å². The predicted octanol–water partition coefficient (Wildman–Crippen LogP) is 22.4. The molecule has 96 heavy (non-hydrogen) atoms. The fourth-order valence-electron chi connectivity index (χ4n) is 11.7. The third kappa shape index (κ3) is 67.9. The zero-order valence-corrected chi connectivity index (χ0v) is 64.8. The van der Waals surface area contributed by atoms with Crippen LogP contribution in [0.25, 0.3) is 0 Å². The van der Waals surface area contributed by atoms with Crippen LogP contribution in [-0.4, -0.2) is 96.7 Å². The lowest BCUT2D eigenvalue weighted by molar-refractivity contribution is -0.161. The molecule has 7 atom stereocenters. The van der Waals surface area contributed by atoms with Crippen LogP contribution in [0.3, 0.4) is 0 Å². The van der Waals surface area contributed by atoms with E-state index in [0.717, 1.165) is 120 Å². The fraction of sp³-hybridized carbons (Fsp3) is 0.948. The van der Waals surface area contributed by atoms with Gasteiger partial charge < -0.3 is 33.8 Å². The first kappa shape index (κ1) is 94.1. The molecular weight excluding hydrogens is 1260 g/mol. The Labute approximate surface area is 588 Å². The topological polar surface area (TPSA) is 237 Å². The van der Waals surface area contributed by atoms with Crippen LogP contribution < -0.4 is 0 Å². The molecule has 0 aliphatic heterocycles. The van der Waals surface area contributed by atoms with Gasteiger partial charge >= 0.3 is 39.5 Å². The van der Waals surface area contributed by atoms with Gasteiger partial charge in [-0.3, -0.25) is 37.3 Å². The summed E-state index contributed by atoms with van der Waals surface area (Å²) in [7, 11) is -9.92. The minimum absolute atomic E-state index is 0.106. The largest absolute Gasteiger partial charge is 0.472 e. The summed E-state index contributed by atoms with van der Waals surface area (Å²) in [6.07, 6.45) is 51.2. The molecule has 0 aromatic carbocycles. The number of carbonyl (C=O) groups is 4. The van der Waals surface area contributed by atoms with Gasteiger partial charge in [-0.1, -0.05) is 338 Å². The lowest BCUT2D eigenvalue weighted by Gasteiger charge is -2.21. The Bertz CT molecular complexity index is 1890. The van der Waals surface area contributed by atoms with Crippen LogP contribution in [-0.2, 0) is 65.4 Å². The average Bonchev–Trinajstić information content (AvgIpc) is 1.16. The van der Waals surface area contributed by atoms with Gasteiger partial charge in [-0.2, -0.15) is 0 Å². The van der Waals surface area contributed by atoms with E-state index in [-0.39, 0.29) is 25.7 Å². The molecule has 0 heterocycles. The number of unbranched alkanes of at least 4 members (excludes halogenated alkanes) is 38. The minimum Gasteiger partial charge on any atom is -0.462 e. The molecule has 0 saturated heterocycles. The molecule has 0 aromatic heterocycles. The lowest BCUT2D eigenvalue weighted by Crippen LogP contribution is -2.30. The number of rotatable bonds is 74. The van der Waals surface area contributed by atoms with E-state index in [2.05, 4.69) is 55.4 Å². The number of hydrogen-bond donors (Lipinski definition) is 3. The summed E-state index contributed by atoms with van der Waals surface area (Å²) in [5, 5.41) is 10.6. The maximum Gasteiger partial charge on any atom is 0.472 e. The van der Waals surface area contributed by atoms with Crippen molar-refractivity contribution < 1.29 is 80.2 Å². The normalized spacial score (nSPS) is 14.7. The van der Waals surface area contributed by atoms with E-state index in [1.807, 2.05) is 0 Å². The first-order valence-corrected chi connectivity index (χ1v) is 42.8. The number of aliphatic hydroxyl groups is 1. The number of phosphoric ester groups is 2. The third-order valence-electron chi connectivity index (χ3n) is 18.5. The predicted molar refractivity (Wildman–Crippen MR) is 391 cm³/mol. The molecule has 0 saturated carbocycles. The molecular formula is C77H150O17P2. The van der Waals surface area contributed by atoms with Crippen LogP contribution in [0.1, 0.15) is 389 Å². The highest BCUT2D eigenvalue weighted by atomic mass is 31.2. The number of phosphoric acid groups is 2. The third-order valence-corrected chi connectivity index (χ3v) is 20.4. The molecule has 0 radical (unpaired) electrons. The van der Waals surface area contributed by atoms with Gasteiger partial charge in [-0.25, -0.2) is 9.13 Å². The van der Waals surface area contributed by atoms with Crippen LogP contribution >= 0.6 is 15.6 Å². The van der Waals surface area contributed by atoms with Crippen LogP contribution in [0.15, 0.2) is 0 Å². The summed E-state index contributed by atoms with van der Waals surface area (Å²) in [6.45, 7) is 14.2. The molecule has 0 fully saturated rings. The van der Waals surface area contributed by atoms with E-state index >= 15 is 0 Å². The Hall–Kier alpha value is -1.94. The molecule has 0 aromatic rings. The van der Waals surface area contributed by atoms with E-state index in [0.29, 0.717) is 25.7 Å². The monoisotopic (exact) mass is 1410 g/mol. The second-order valence-electron chi connectivity index (χ2n) is 29.2. The van der Waals surface area contributed by atoms with Gasteiger partial charge in [0.25, 0.3) is 0 Å². The molecule has 0 spiro atoms. The highest BCUT2D eigenvalue weighted by molar-refractivity contribution is 7.47. The molecule has 0 aliphatic rings. The fourth-order valence-corrected chi connectivity index (χ4v) is 13.2. The van der Waals surface area contributed by atoms with Crippen molar-refractivity contribution in [3.63, 3.8) is 0 Å². The number of carbonyl (C=O) groups excluding carboxylic acids is 4. The van der Waals surface area contributed by atoms with Crippen LogP contribution in [0.4, 0.5) is 0 Å². The number of aliphatic hydroxyl groups excluding tert-OH is 1. The van der Waals surface area contributed by atoms with Crippen LogP contribution in [0.5, 0.6) is 0 Å². The summed E-state index contributed by atoms with van der Waals surface area (Å²) in [6, 6.07) is 0. The van der Waals surface area contributed by atoms with Crippen molar-refractivity contribution >= 4 is 39.5 Å². The minimum atomic E-state index is -4.96. The molecule has 0 amide bonds. The van der Waals surface area contributed by atoms with Gasteiger partial charge in [-0.15, -0.1) is 0 Å². The summed E-state index contributed by atoms with van der Waals surface area (Å²) in [5.41, 5.74) is 0. The van der Waals surface area contributed by atoms with Gasteiger partial charge in [0.15, 0.2) is 12.2 Å². The van der Waals surface area contributed by atoms with E-state index in [1.165, 1.54) is 186 Å². The van der Waals surface area contributed by atoms with Gasteiger partial charge in [0.05, 0.1) is 26.4 Å². The first-order valence-electron chi connectivity index (χ1n) is 39.8. The maximum absolute atomic E-state index is 13.1. The van der Waals surface area contributed by atoms with Gasteiger partial charge in [0.1, 0.15) is 19.3 Å². The molecule has 17 nitrogen and oxygen atoms in total. The van der Waals surface area contributed by atoms with Crippen molar-refractivity contribution in [1.29, 1.82) is 0 Å². The van der Waals surface area contributed by atoms with Crippen molar-refractivity contribution in [2.75, 3.05) is 39.6 Å². The highest BCUT2D eigenvalue weighted by Crippen LogP contribution is 2.45. The second-order valence-corrected chi connectivity index (χ2v) is 32.1. The molecule has 3 N–H and O–H groups in total. The summed E-state index contributed by atoms with van der Waals surface area (Å²) in [5.74, 6) is 0.990. The Morgan fingerprint density at radius 2 is 0.500 bits per heavy atom. The van der Waals surface area contributed by atoms with Crippen molar-refractivity contribution in [2.24, 2.45) is 23.7 Å². The van der Waals surface area contributed by atoms with E-state index in [1.54, 1.807) is 0 Å². The van der Waals surface area contributed by atoms with E-state index in [9.17, 15) is 43.2 Å². The average molecular weight is 1410 g/mol. The molecule has 570 valence electrons. The van der Waals surface area contributed by atoms with Gasteiger partial charge in [-0.05, 0) is 49.4 Å². The quantitative estimate of drug-likeness (QED) is 0.0222.